The summed E-state index contributed by atoms with van der Waals surface area (Å²) in [6, 6.07) is 10.9. The molecule has 0 bridgehead atoms. The molecule has 0 aromatic heterocycles. The molecule has 1 unspecified atom stereocenters. The molecule has 0 fully saturated rings. The van der Waals surface area contributed by atoms with E-state index in [2.05, 4.69) is 21.2 Å². The van der Waals surface area contributed by atoms with Gasteiger partial charge >= 0.3 is 0 Å². The van der Waals surface area contributed by atoms with Gasteiger partial charge in [0.25, 0.3) is 5.91 Å². The molecule has 116 valence electrons. The first kappa shape index (κ1) is 16.8. The highest BCUT2D eigenvalue weighted by Crippen LogP contribution is 2.27. The topological polar surface area (TPSA) is 38.3 Å². The number of benzene rings is 2. The van der Waals surface area contributed by atoms with Crippen LogP contribution < -0.4 is 10.1 Å². The molecule has 22 heavy (non-hydrogen) atoms. The van der Waals surface area contributed by atoms with Crippen LogP contribution in [-0.2, 0) is 0 Å². The molecule has 1 amide bonds. The molecule has 0 spiro atoms. The molecule has 2 aromatic rings. The number of aryl methyl sites for hydroxylation is 1. The van der Waals surface area contributed by atoms with E-state index in [0.29, 0.717) is 10.6 Å². The number of methoxy groups -OCH3 is 1. The van der Waals surface area contributed by atoms with Crippen LogP contribution >= 0.6 is 27.5 Å². The summed E-state index contributed by atoms with van der Waals surface area (Å²) in [5.74, 6) is 0.536. The van der Waals surface area contributed by atoms with Gasteiger partial charge in [-0.25, -0.2) is 0 Å². The van der Waals surface area contributed by atoms with Crippen molar-refractivity contribution in [3.8, 4) is 5.75 Å². The number of nitrogens with one attached hydrogen (secondary N) is 1. The normalized spacial score (nSPS) is 11.9. The molecule has 1 atom stereocenters. The lowest BCUT2D eigenvalue weighted by Crippen LogP contribution is -2.27. The predicted molar refractivity (Wildman–Crippen MR) is 92.8 cm³/mol. The van der Waals surface area contributed by atoms with E-state index in [9.17, 15) is 4.79 Å². The third kappa shape index (κ3) is 3.81. The molecule has 0 aliphatic heterocycles. The van der Waals surface area contributed by atoms with E-state index in [1.807, 2.05) is 32.0 Å². The molecular formula is C17H17BrClNO2. The maximum Gasteiger partial charge on any atom is 0.253 e. The first-order valence-electron chi connectivity index (χ1n) is 6.83. The first-order valence-corrected chi connectivity index (χ1v) is 8.00. The van der Waals surface area contributed by atoms with Crippen LogP contribution in [0.3, 0.4) is 0 Å². The van der Waals surface area contributed by atoms with Crippen LogP contribution in [0, 0.1) is 6.92 Å². The van der Waals surface area contributed by atoms with Crippen LogP contribution in [0.5, 0.6) is 5.75 Å². The van der Waals surface area contributed by atoms with E-state index < -0.39 is 0 Å². The summed E-state index contributed by atoms with van der Waals surface area (Å²) in [7, 11) is 1.62. The molecule has 0 saturated carbocycles. The number of hydrogen-bond donors (Lipinski definition) is 1. The van der Waals surface area contributed by atoms with E-state index in [-0.39, 0.29) is 11.9 Å². The third-order valence-corrected chi connectivity index (χ3v) is 4.18. The zero-order chi connectivity index (χ0) is 16.3. The number of hydrogen-bond acceptors (Lipinski definition) is 2. The lowest BCUT2D eigenvalue weighted by molar-refractivity contribution is 0.0939. The monoisotopic (exact) mass is 381 g/mol. The van der Waals surface area contributed by atoms with Gasteiger partial charge in [0, 0.05) is 10.0 Å². The maximum absolute atomic E-state index is 12.4. The maximum atomic E-state index is 12.4. The number of rotatable bonds is 4. The van der Waals surface area contributed by atoms with Crippen molar-refractivity contribution >= 4 is 33.4 Å². The Morgan fingerprint density at radius 1 is 1.27 bits per heavy atom. The molecule has 0 radical (unpaired) electrons. The summed E-state index contributed by atoms with van der Waals surface area (Å²) in [5, 5.41) is 3.37. The summed E-state index contributed by atoms with van der Waals surface area (Å²) >= 11 is 9.45. The second-order valence-corrected chi connectivity index (χ2v) is 6.39. The highest BCUT2D eigenvalue weighted by molar-refractivity contribution is 9.10. The second kappa shape index (κ2) is 7.16. The van der Waals surface area contributed by atoms with Crippen LogP contribution in [0.4, 0.5) is 0 Å². The minimum absolute atomic E-state index is 0.193. The van der Waals surface area contributed by atoms with Crippen molar-refractivity contribution < 1.29 is 9.53 Å². The molecule has 0 aliphatic carbocycles. The average molecular weight is 383 g/mol. The van der Waals surface area contributed by atoms with Gasteiger partial charge in [-0.15, -0.1) is 0 Å². The van der Waals surface area contributed by atoms with Crippen molar-refractivity contribution in [3.05, 3.63) is 62.6 Å². The SMILES string of the molecule is COc1ccc(C)cc1C(C)NC(=O)c1ccc(Br)cc1Cl. The summed E-state index contributed by atoms with van der Waals surface area (Å²) in [4.78, 5) is 12.4. The van der Waals surface area contributed by atoms with Gasteiger partial charge in [-0.05, 0) is 38.1 Å². The lowest BCUT2D eigenvalue weighted by Gasteiger charge is -2.18. The van der Waals surface area contributed by atoms with Crippen LogP contribution in [0.15, 0.2) is 40.9 Å². The predicted octanol–water partition coefficient (Wildman–Crippen LogP) is 4.91. The quantitative estimate of drug-likeness (QED) is 0.816. The van der Waals surface area contributed by atoms with Crippen molar-refractivity contribution in [1.82, 2.24) is 5.32 Å². The Morgan fingerprint density at radius 2 is 2.00 bits per heavy atom. The average Bonchev–Trinajstić information content (AvgIpc) is 2.46. The fourth-order valence-corrected chi connectivity index (χ4v) is 2.98. The Bertz CT molecular complexity index is 703. The molecule has 2 aromatic carbocycles. The lowest BCUT2D eigenvalue weighted by atomic mass is 10.0. The number of halogens is 2. The molecule has 0 aliphatic rings. The summed E-state index contributed by atoms with van der Waals surface area (Å²) in [6.07, 6.45) is 0. The number of carbonyl (C=O) groups excluding carboxylic acids is 1. The Kier molecular flexibility index (Phi) is 5.48. The van der Waals surface area contributed by atoms with Crippen molar-refractivity contribution in [3.63, 3.8) is 0 Å². The fourth-order valence-electron chi connectivity index (χ4n) is 2.22. The van der Waals surface area contributed by atoms with Crippen molar-refractivity contribution in [2.24, 2.45) is 0 Å². The van der Waals surface area contributed by atoms with Gasteiger partial charge < -0.3 is 10.1 Å². The van der Waals surface area contributed by atoms with Crippen LogP contribution in [-0.4, -0.2) is 13.0 Å². The van der Waals surface area contributed by atoms with Gasteiger partial charge in [0.2, 0.25) is 0 Å². The van der Waals surface area contributed by atoms with Gasteiger partial charge in [-0.2, -0.15) is 0 Å². The molecule has 3 nitrogen and oxygen atoms in total. The number of ether oxygens (including phenoxy) is 1. The Morgan fingerprint density at radius 3 is 2.64 bits per heavy atom. The molecule has 0 heterocycles. The van der Waals surface area contributed by atoms with E-state index in [0.717, 1.165) is 21.3 Å². The van der Waals surface area contributed by atoms with Crippen LogP contribution in [0.2, 0.25) is 5.02 Å². The molecule has 2 rings (SSSR count). The summed E-state index contributed by atoms with van der Waals surface area (Å²) < 4.78 is 6.20. The Hall–Kier alpha value is -1.52. The highest BCUT2D eigenvalue weighted by atomic mass is 79.9. The Balaban J connectivity index is 2.23. The van der Waals surface area contributed by atoms with Gasteiger partial charge in [-0.3, -0.25) is 4.79 Å². The van der Waals surface area contributed by atoms with E-state index in [1.54, 1.807) is 25.3 Å². The van der Waals surface area contributed by atoms with E-state index in [1.165, 1.54) is 0 Å². The fraction of sp³-hybridized carbons (Fsp3) is 0.235. The zero-order valence-electron chi connectivity index (χ0n) is 12.6. The van der Waals surface area contributed by atoms with E-state index >= 15 is 0 Å². The number of carbonyl (C=O) groups is 1. The standard InChI is InChI=1S/C17H17BrClNO2/c1-10-4-7-16(22-3)14(8-10)11(2)20-17(21)13-6-5-12(18)9-15(13)19/h4-9,11H,1-3H3,(H,20,21). The van der Waals surface area contributed by atoms with Gasteiger partial charge in [0.05, 0.1) is 23.7 Å². The zero-order valence-corrected chi connectivity index (χ0v) is 15.0. The van der Waals surface area contributed by atoms with Crippen molar-refractivity contribution in [1.29, 1.82) is 0 Å². The van der Waals surface area contributed by atoms with Crippen molar-refractivity contribution in [2.45, 2.75) is 19.9 Å². The molecular weight excluding hydrogens is 366 g/mol. The molecule has 5 heteroatoms. The van der Waals surface area contributed by atoms with Crippen LogP contribution in [0.25, 0.3) is 0 Å². The summed E-state index contributed by atoms with van der Waals surface area (Å²) in [6.45, 7) is 3.92. The number of amides is 1. The van der Waals surface area contributed by atoms with E-state index in [4.69, 9.17) is 16.3 Å². The first-order chi connectivity index (χ1) is 10.4. The van der Waals surface area contributed by atoms with Gasteiger partial charge in [0.15, 0.2) is 0 Å². The minimum Gasteiger partial charge on any atom is -0.496 e. The second-order valence-electron chi connectivity index (χ2n) is 5.06. The molecule has 1 N–H and O–H groups in total. The third-order valence-electron chi connectivity index (χ3n) is 3.38. The highest BCUT2D eigenvalue weighted by Gasteiger charge is 2.17. The smallest absolute Gasteiger partial charge is 0.253 e. The summed E-state index contributed by atoms with van der Waals surface area (Å²) in [5.41, 5.74) is 2.49. The van der Waals surface area contributed by atoms with Crippen molar-refractivity contribution in [2.75, 3.05) is 7.11 Å². The largest absolute Gasteiger partial charge is 0.496 e. The van der Waals surface area contributed by atoms with Gasteiger partial charge in [0.1, 0.15) is 5.75 Å². The van der Waals surface area contributed by atoms with Crippen LogP contribution in [0.1, 0.15) is 34.5 Å². The Labute approximate surface area is 143 Å². The minimum atomic E-state index is -0.214. The molecule has 0 saturated heterocycles. The van der Waals surface area contributed by atoms with Gasteiger partial charge in [-0.1, -0.05) is 45.2 Å².